The maximum Gasteiger partial charge on any atom is 0.232 e. The highest BCUT2D eigenvalue weighted by Gasteiger charge is 2.21. The fraction of sp³-hybridized carbons (Fsp3) is 0.429. The van der Waals surface area contributed by atoms with Gasteiger partial charge in [0.15, 0.2) is 0 Å². The van der Waals surface area contributed by atoms with Crippen LogP contribution in [-0.2, 0) is 23.5 Å². The molecule has 0 unspecified atom stereocenters. The number of benzene rings is 1. The third kappa shape index (κ3) is 4.82. The van der Waals surface area contributed by atoms with Crippen LogP contribution in [0.25, 0.3) is 0 Å². The van der Waals surface area contributed by atoms with Crippen molar-refractivity contribution < 1.29 is 9.53 Å². The van der Waals surface area contributed by atoms with Crippen LogP contribution in [0.15, 0.2) is 42.6 Å². The quantitative estimate of drug-likeness (QED) is 0.767. The topological polar surface area (TPSA) is 45.7 Å². The molecule has 0 spiro atoms. The lowest BCUT2D eigenvalue weighted by molar-refractivity contribution is -0.130. The number of ether oxygens (including phenoxy) is 1. The summed E-state index contributed by atoms with van der Waals surface area (Å²) in [6.07, 6.45) is 2.81. The van der Waals surface area contributed by atoms with Crippen molar-refractivity contribution in [3.63, 3.8) is 0 Å². The molecule has 1 saturated heterocycles. The standard InChI is InChI=1S/C21H25N3O2S/c25-21(16-27-15-19-3-1-2-7-22-19)24-10-8-23(9-11-24)14-17-4-5-20-18(13-17)6-12-26-20/h1-5,7,13H,6,8-12,14-16H2. The zero-order valence-electron chi connectivity index (χ0n) is 15.5. The minimum Gasteiger partial charge on any atom is -0.493 e. The van der Waals surface area contributed by atoms with Gasteiger partial charge in [-0.1, -0.05) is 18.2 Å². The number of carbonyl (C=O) groups is 1. The van der Waals surface area contributed by atoms with Crippen molar-refractivity contribution >= 4 is 17.7 Å². The Kier molecular flexibility index (Phi) is 5.94. The van der Waals surface area contributed by atoms with E-state index in [9.17, 15) is 4.79 Å². The Morgan fingerprint density at radius 3 is 2.85 bits per heavy atom. The Bertz CT molecular complexity index is 776. The molecule has 0 radical (unpaired) electrons. The summed E-state index contributed by atoms with van der Waals surface area (Å²) in [5, 5.41) is 0. The van der Waals surface area contributed by atoms with Gasteiger partial charge in [-0.15, -0.1) is 11.8 Å². The third-order valence-corrected chi connectivity index (χ3v) is 6.04. The first-order valence-corrected chi connectivity index (χ1v) is 10.7. The highest BCUT2D eigenvalue weighted by Crippen LogP contribution is 2.26. The van der Waals surface area contributed by atoms with Gasteiger partial charge < -0.3 is 9.64 Å². The number of pyridine rings is 1. The van der Waals surface area contributed by atoms with Crippen molar-refractivity contribution in [2.75, 3.05) is 38.5 Å². The zero-order valence-corrected chi connectivity index (χ0v) is 16.3. The van der Waals surface area contributed by atoms with Gasteiger partial charge in [0.05, 0.1) is 18.1 Å². The largest absolute Gasteiger partial charge is 0.493 e. The molecular formula is C21H25N3O2S. The van der Waals surface area contributed by atoms with E-state index < -0.39 is 0 Å². The molecule has 3 heterocycles. The molecule has 142 valence electrons. The summed E-state index contributed by atoms with van der Waals surface area (Å²) >= 11 is 1.64. The van der Waals surface area contributed by atoms with Crippen molar-refractivity contribution in [3.05, 3.63) is 59.4 Å². The van der Waals surface area contributed by atoms with Crippen LogP contribution in [0.1, 0.15) is 16.8 Å². The van der Waals surface area contributed by atoms with E-state index in [-0.39, 0.29) is 5.91 Å². The molecule has 5 nitrogen and oxygen atoms in total. The lowest BCUT2D eigenvalue weighted by atomic mass is 10.1. The zero-order chi connectivity index (χ0) is 18.5. The summed E-state index contributed by atoms with van der Waals surface area (Å²) in [5.74, 6) is 2.60. The molecule has 4 rings (SSSR count). The maximum absolute atomic E-state index is 12.4. The van der Waals surface area contributed by atoms with Crippen molar-refractivity contribution in [3.8, 4) is 5.75 Å². The summed E-state index contributed by atoms with van der Waals surface area (Å²) in [7, 11) is 0. The number of nitrogens with zero attached hydrogens (tertiary/aromatic N) is 3. The van der Waals surface area contributed by atoms with E-state index in [1.807, 2.05) is 23.1 Å². The van der Waals surface area contributed by atoms with Crippen LogP contribution in [0.3, 0.4) is 0 Å². The maximum atomic E-state index is 12.4. The molecule has 1 amide bonds. The number of hydrogen-bond donors (Lipinski definition) is 0. The number of fused-ring (bicyclic) bond motifs is 1. The Labute approximate surface area is 164 Å². The van der Waals surface area contributed by atoms with Gasteiger partial charge in [0.1, 0.15) is 5.75 Å². The lowest BCUT2D eigenvalue weighted by Crippen LogP contribution is -2.48. The van der Waals surface area contributed by atoms with Gasteiger partial charge in [-0.2, -0.15) is 0 Å². The molecule has 0 bridgehead atoms. The van der Waals surface area contributed by atoms with Gasteiger partial charge in [-0.25, -0.2) is 0 Å². The van der Waals surface area contributed by atoms with Gasteiger partial charge in [-0.3, -0.25) is 14.7 Å². The minimum atomic E-state index is 0.241. The van der Waals surface area contributed by atoms with Crippen molar-refractivity contribution in [1.29, 1.82) is 0 Å². The van der Waals surface area contributed by atoms with Crippen LogP contribution >= 0.6 is 11.8 Å². The molecular weight excluding hydrogens is 358 g/mol. The molecule has 6 heteroatoms. The number of thioether (sulfide) groups is 1. The molecule has 2 aliphatic heterocycles. The van der Waals surface area contributed by atoms with Crippen LogP contribution < -0.4 is 4.74 Å². The van der Waals surface area contributed by atoms with Crippen molar-refractivity contribution in [1.82, 2.24) is 14.8 Å². The van der Waals surface area contributed by atoms with E-state index in [1.165, 1.54) is 11.1 Å². The van der Waals surface area contributed by atoms with E-state index in [0.29, 0.717) is 5.75 Å². The molecule has 0 atom stereocenters. The van der Waals surface area contributed by atoms with Crippen LogP contribution in [-0.4, -0.2) is 59.2 Å². The summed E-state index contributed by atoms with van der Waals surface area (Å²) < 4.78 is 5.58. The SMILES string of the molecule is O=C(CSCc1ccccn1)N1CCN(Cc2ccc3c(c2)CCO3)CC1. The van der Waals surface area contributed by atoms with Gasteiger partial charge >= 0.3 is 0 Å². The molecule has 0 N–H and O–H groups in total. The summed E-state index contributed by atoms with van der Waals surface area (Å²) in [5.41, 5.74) is 3.69. The lowest BCUT2D eigenvalue weighted by Gasteiger charge is -2.34. The van der Waals surface area contributed by atoms with E-state index in [2.05, 4.69) is 28.1 Å². The fourth-order valence-electron chi connectivity index (χ4n) is 3.57. The number of amides is 1. The normalized spacial score (nSPS) is 16.8. The second kappa shape index (κ2) is 8.76. The molecule has 0 saturated carbocycles. The number of carbonyl (C=O) groups excluding carboxylic acids is 1. The van der Waals surface area contributed by atoms with E-state index in [0.717, 1.165) is 62.9 Å². The second-order valence-electron chi connectivity index (χ2n) is 7.01. The molecule has 2 aromatic rings. The molecule has 1 aromatic heterocycles. The molecule has 1 aromatic carbocycles. The molecule has 2 aliphatic rings. The fourth-order valence-corrected chi connectivity index (χ4v) is 4.41. The first-order valence-electron chi connectivity index (χ1n) is 9.50. The second-order valence-corrected chi connectivity index (χ2v) is 8.00. The van der Waals surface area contributed by atoms with Crippen LogP contribution in [0, 0.1) is 0 Å². The minimum absolute atomic E-state index is 0.241. The molecule has 0 aliphatic carbocycles. The van der Waals surface area contributed by atoms with E-state index >= 15 is 0 Å². The van der Waals surface area contributed by atoms with Gasteiger partial charge in [0.2, 0.25) is 5.91 Å². The highest BCUT2D eigenvalue weighted by atomic mass is 32.2. The van der Waals surface area contributed by atoms with Crippen LogP contribution in [0.2, 0.25) is 0 Å². The van der Waals surface area contributed by atoms with Gasteiger partial charge in [-0.05, 0) is 29.3 Å². The monoisotopic (exact) mass is 383 g/mol. The molecule has 27 heavy (non-hydrogen) atoms. The first-order chi connectivity index (χ1) is 13.3. The number of rotatable bonds is 6. The number of aromatic nitrogens is 1. The Morgan fingerprint density at radius 1 is 1.15 bits per heavy atom. The highest BCUT2D eigenvalue weighted by molar-refractivity contribution is 7.99. The van der Waals surface area contributed by atoms with Crippen molar-refractivity contribution in [2.45, 2.75) is 18.7 Å². The Hall–Kier alpha value is -2.05. The van der Waals surface area contributed by atoms with E-state index in [4.69, 9.17) is 4.74 Å². The molecule has 1 fully saturated rings. The van der Waals surface area contributed by atoms with Crippen molar-refractivity contribution in [2.24, 2.45) is 0 Å². The first kappa shape index (κ1) is 18.3. The smallest absolute Gasteiger partial charge is 0.232 e. The van der Waals surface area contributed by atoms with Crippen LogP contribution in [0.5, 0.6) is 5.75 Å². The van der Waals surface area contributed by atoms with Crippen LogP contribution in [0.4, 0.5) is 0 Å². The van der Waals surface area contributed by atoms with Gasteiger partial charge in [0, 0.05) is 51.1 Å². The average Bonchev–Trinajstić information content (AvgIpc) is 3.17. The van der Waals surface area contributed by atoms with E-state index in [1.54, 1.807) is 18.0 Å². The Balaban J connectivity index is 1.20. The average molecular weight is 384 g/mol. The van der Waals surface area contributed by atoms with Gasteiger partial charge in [0.25, 0.3) is 0 Å². The number of hydrogen-bond acceptors (Lipinski definition) is 5. The summed E-state index contributed by atoms with van der Waals surface area (Å²) in [4.78, 5) is 21.2. The third-order valence-electron chi connectivity index (χ3n) is 5.09. The predicted octanol–water partition coefficient (Wildman–Crippen LogP) is 2.59. The Morgan fingerprint density at radius 2 is 2.04 bits per heavy atom. The predicted molar refractivity (Wildman–Crippen MR) is 108 cm³/mol. The summed E-state index contributed by atoms with van der Waals surface area (Å²) in [6, 6.07) is 12.4. The number of piperazine rings is 1. The summed E-state index contributed by atoms with van der Waals surface area (Å²) in [6.45, 7) is 5.25.